The number of anilines is 2. The molecular weight excluding hydrogens is 447 g/mol. The van der Waals surface area contributed by atoms with Crippen molar-refractivity contribution >= 4 is 35.0 Å². The molecule has 0 radical (unpaired) electrons. The van der Waals surface area contributed by atoms with E-state index in [0.717, 1.165) is 17.7 Å². The summed E-state index contributed by atoms with van der Waals surface area (Å²) in [6.07, 6.45) is -5.31. The van der Waals surface area contributed by atoms with Crippen LogP contribution in [0.5, 0.6) is 0 Å². The SMILES string of the molecule is CC#CCn1c(N2CCNCC2)nc2nc(NC(C)C(=O)OC(=O)C(F)(F)F)n(C)c(=O)c21. The Morgan fingerprint density at radius 1 is 1.27 bits per heavy atom. The molecule has 1 atom stereocenters. The topological polar surface area (TPSA) is 123 Å². The minimum atomic E-state index is -5.31. The molecule has 0 bridgehead atoms. The highest BCUT2D eigenvalue weighted by Gasteiger charge is 2.43. The van der Waals surface area contributed by atoms with Crippen molar-refractivity contribution in [3.63, 3.8) is 0 Å². The maximum Gasteiger partial charge on any atom is 0.491 e. The summed E-state index contributed by atoms with van der Waals surface area (Å²) in [4.78, 5) is 46.7. The predicted molar refractivity (Wildman–Crippen MR) is 112 cm³/mol. The Labute approximate surface area is 185 Å². The highest BCUT2D eigenvalue weighted by molar-refractivity contribution is 5.91. The van der Waals surface area contributed by atoms with Crippen LogP contribution in [0.15, 0.2) is 4.79 Å². The van der Waals surface area contributed by atoms with Gasteiger partial charge in [-0.25, -0.2) is 9.59 Å². The maximum atomic E-state index is 13.1. The van der Waals surface area contributed by atoms with Gasteiger partial charge >= 0.3 is 18.1 Å². The third-order valence-electron chi connectivity index (χ3n) is 4.90. The minimum Gasteiger partial charge on any atom is -0.385 e. The molecule has 178 valence electrons. The molecule has 33 heavy (non-hydrogen) atoms. The molecule has 1 saturated heterocycles. The van der Waals surface area contributed by atoms with Crippen LogP contribution >= 0.6 is 0 Å². The zero-order valence-corrected chi connectivity index (χ0v) is 18.1. The summed E-state index contributed by atoms with van der Waals surface area (Å²) in [5.74, 6) is 1.97. The zero-order valence-electron chi connectivity index (χ0n) is 18.1. The van der Waals surface area contributed by atoms with Crippen LogP contribution in [0.4, 0.5) is 25.1 Å². The van der Waals surface area contributed by atoms with Crippen LogP contribution in [0.2, 0.25) is 0 Å². The monoisotopic (exact) mass is 469 g/mol. The van der Waals surface area contributed by atoms with Gasteiger partial charge in [-0.3, -0.25) is 13.9 Å². The number of ether oxygens (including phenoxy) is 1. The first-order valence-corrected chi connectivity index (χ1v) is 9.96. The van der Waals surface area contributed by atoms with Crippen LogP contribution in [-0.4, -0.2) is 69.4 Å². The Kier molecular flexibility index (Phi) is 6.92. The molecular formula is C19H22F3N7O4. The molecule has 0 aromatic carbocycles. The Morgan fingerprint density at radius 2 is 1.94 bits per heavy atom. The number of aromatic nitrogens is 4. The maximum absolute atomic E-state index is 13.1. The summed E-state index contributed by atoms with van der Waals surface area (Å²) < 4.78 is 43.6. The number of piperazine rings is 1. The molecule has 3 rings (SSSR count). The lowest BCUT2D eigenvalue weighted by molar-refractivity contribution is -0.202. The number of imidazole rings is 1. The first-order chi connectivity index (χ1) is 15.5. The lowest BCUT2D eigenvalue weighted by Gasteiger charge is -2.28. The lowest BCUT2D eigenvalue weighted by Crippen LogP contribution is -2.44. The van der Waals surface area contributed by atoms with Crippen molar-refractivity contribution in [2.24, 2.45) is 7.05 Å². The highest BCUT2D eigenvalue weighted by Crippen LogP contribution is 2.21. The smallest absolute Gasteiger partial charge is 0.385 e. The van der Waals surface area contributed by atoms with Crippen LogP contribution < -0.4 is 21.1 Å². The quantitative estimate of drug-likeness (QED) is 0.354. The van der Waals surface area contributed by atoms with Gasteiger partial charge in [0, 0.05) is 33.2 Å². The van der Waals surface area contributed by atoms with Gasteiger partial charge in [0.25, 0.3) is 5.56 Å². The largest absolute Gasteiger partial charge is 0.491 e. The summed E-state index contributed by atoms with van der Waals surface area (Å²) >= 11 is 0. The number of nitrogens with zero attached hydrogens (tertiary/aromatic N) is 5. The van der Waals surface area contributed by atoms with Gasteiger partial charge in [-0.05, 0) is 13.8 Å². The standard InChI is InChI=1S/C19H22F3N7O4/c1-4-5-8-29-12-13(26-18(29)28-9-6-23-7-10-28)25-17(27(3)14(12)30)24-11(2)15(31)33-16(32)19(20,21)22/h11,23H,6-10H2,1-3H3,(H,24,25). The molecule has 3 heterocycles. The van der Waals surface area contributed by atoms with Gasteiger partial charge in [-0.1, -0.05) is 5.92 Å². The molecule has 14 heteroatoms. The van der Waals surface area contributed by atoms with Gasteiger partial charge in [-0.2, -0.15) is 23.1 Å². The van der Waals surface area contributed by atoms with Gasteiger partial charge in [-0.15, -0.1) is 5.92 Å². The summed E-state index contributed by atoms with van der Waals surface area (Å²) in [7, 11) is 1.38. The van der Waals surface area contributed by atoms with Crippen molar-refractivity contribution in [3.05, 3.63) is 10.4 Å². The Morgan fingerprint density at radius 3 is 2.55 bits per heavy atom. The van der Waals surface area contributed by atoms with Gasteiger partial charge in [0.1, 0.15) is 6.04 Å². The lowest BCUT2D eigenvalue weighted by atomic mass is 10.3. The highest BCUT2D eigenvalue weighted by atomic mass is 19.4. The van der Waals surface area contributed by atoms with Crippen molar-refractivity contribution in [2.45, 2.75) is 32.6 Å². The molecule has 1 unspecified atom stereocenters. The second-order valence-electron chi connectivity index (χ2n) is 7.21. The number of halogens is 3. The number of esters is 2. The molecule has 1 aliphatic rings. The summed E-state index contributed by atoms with van der Waals surface area (Å²) in [6, 6.07) is -1.41. The molecule has 0 amide bonds. The molecule has 1 fully saturated rings. The van der Waals surface area contributed by atoms with Gasteiger partial charge in [0.2, 0.25) is 11.9 Å². The zero-order chi connectivity index (χ0) is 24.3. The van der Waals surface area contributed by atoms with E-state index in [9.17, 15) is 27.6 Å². The van der Waals surface area contributed by atoms with Crippen LogP contribution in [0.3, 0.4) is 0 Å². The van der Waals surface area contributed by atoms with E-state index in [0.29, 0.717) is 19.0 Å². The average Bonchev–Trinajstić information content (AvgIpc) is 3.13. The van der Waals surface area contributed by atoms with Crippen molar-refractivity contribution in [1.82, 2.24) is 24.4 Å². The number of hydrogen-bond donors (Lipinski definition) is 2. The molecule has 1 aliphatic heterocycles. The number of carbonyl (C=O) groups excluding carboxylic acids is 2. The van der Waals surface area contributed by atoms with Crippen molar-refractivity contribution in [2.75, 3.05) is 36.4 Å². The van der Waals surface area contributed by atoms with Gasteiger partial charge in [0.05, 0.1) is 6.54 Å². The van der Waals surface area contributed by atoms with E-state index in [-0.39, 0.29) is 23.7 Å². The number of carbonyl (C=O) groups is 2. The van der Waals surface area contributed by atoms with E-state index >= 15 is 0 Å². The van der Waals surface area contributed by atoms with Crippen molar-refractivity contribution in [3.8, 4) is 11.8 Å². The van der Waals surface area contributed by atoms with E-state index < -0.39 is 29.7 Å². The van der Waals surface area contributed by atoms with Crippen LogP contribution in [0.1, 0.15) is 13.8 Å². The summed E-state index contributed by atoms with van der Waals surface area (Å²) in [6.45, 7) is 5.83. The summed E-state index contributed by atoms with van der Waals surface area (Å²) in [5, 5.41) is 5.74. The third-order valence-corrected chi connectivity index (χ3v) is 4.90. The molecule has 2 aromatic heterocycles. The van der Waals surface area contributed by atoms with E-state index in [1.807, 2.05) is 4.90 Å². The van der Waals surface area contributed by atoms with Gasteiger partial charge < -0.3 is 20.3 Å². The molecule has 2 N–H and O–H groups in total. The molecule has 11 nitrogen and oxygen atoms in total. The van der Waals surface area contributed by atoms with E-state index in [4.69, 9.17) is 0 Å². The number of alkyl halides is 3. The Balaban J connectivity index is 1.97. The van der Waals surface area contributed by atoms with E-state index in [1.54, 1.807) is 11.5 Å². The molecule has 0 spiro atoms. The predicted octanol–water partition coefficient (Wildman–Crippen LogP) is -0.00460. The van der Waals surface area contributed by atoms with E-state index in [1.165, 1.54) is 14.0 Å². The number of fused-ring (bicyclic) bond motifs is 1. The molecule has 2 aromatic rings. The average molecular weight is 469 g/mol. The Bertz CT molecular complexity index is 1190. The fourth-order valence-electron chi connectivity index (χ4n) is 3.18. The first-order valence-electron chi connectivity index (χ1n) is 9.96. The second kappa shape index (κ2) is 9.49. The Hall–Kier alpha value is -3.60. The normalized spacial score (nSPS) is 15.0. The molecule has 0 saturated carbocycles. The minimum absolute atomic E-state index is 0.0824. The third kappa shape index (κ3) is 5.08. The summed E-state index contributed by atoms with van der Waals surface area (Å²) in [5.41, 5.74) is -0.220. The van der Waals surface area contributed by atoms with Crippen molar-refractivity contribution in [1.29, 1.82) is 0 Å². The number of hydrogen-bond acceptors (Lipinski definition) is 9. The fraction of sp³-hybridized carbons (Fsp3) is 0.526. The van der Waals surface area contributed by atoms with E-state index in [2.05, 4.69) is 37.2 Å². The number of nitrogens with one attached hydrogen (secondary N) is 2. The van der Waals surface area contributed by atoms with Crippen molar-refractivity contribution < 1.29 is 27.5 Å². The van der Waals surface area contributed by atoms with Crippen LogP contribution in [0.25, 0.3) is 11.2 Å². The van der Waals surface area contributed by atoms with Crippen LogP contribution in [-0.2, 0) is 27.9 Å². The van der Waals surface area contributed by atoms with Crippen LogP contribution in [0, 0.1) is 11.8 Å². The second-order valence-corrected chi connectivity index (χ2v) is 7.21. The van der Waals surface area contributed by atoms with Gasteiger partial charge in [0.15, 0.2) is 11.2 Å². The fourth-order valence-corrected chi connectivity index (χ4v) is 3.18. The number of rotatable bonds is 5. The molecule has 0 aliphatic carbocycles. The first kappa shape index (κ1) is 24.1.